The second kappa shape index (κ2) is 11.9. The van der Waals surface area contributed by atoms with Crippen LogP contribution < -0.4 is 15.4 Å². The summed E-state index contributed by atoms with van der Waals surface area (Å²) < 4.78 is 20.4. The summed E-state index contributed by atoms with van der Waals surface area (Å²) >= 11 is 5.94. The molecule has 172 valence electrons. The number of halogens is 2. The van der Waals surface area contributed by atoms with Crippen molar-refractivity contribution in [2.45, 2.75) is 32.9 Å². The molecule has 3 aromatic rings. The van der Waals surface area contributed by atoms with Crippen LogP contribution in [-0.2, 0) is 11.3 Å². The van der Waals surface area contributed by atoms with Gasteiger partial charge in [0.15, 0.2) is 5.82 Å². The monoisotopic (exact) mass is 480 g/mol. The van der Waals surface area contributed by atoms with Gasteiger partial charge >= 0.3 is 0 Å². The molecule has 0 aliphatic heterocycles. The largest absolute Gasteiger partial charge is 0.455 e. The van der Waals surface area contributed by atoms with Gasteiger partial charge in [-0.25, -0.2) is 9.67 Å². The summed E-state index contributed by atoms with van der Waals surface area (Å²) in [6.45, 7) is 6.29. The molecule has 32 heavy (non-hydrogen) atoms. The lowest BCUT2D eigenvalue weighted by molar-refractivity contribution is -0.108. The first-order valence-electron chi connectivity index (χ1n) is 9.86. The molecule has 11 heteroatoms. The molecule has 0 spiro atoms. The Kier molecular flexibility index (Phi) is 9.50. The third-order valence-corrected chi connectivity index (χ3v) is 4.32. The van der Waals surface area contributed by atoms with E-state index in [9.17, 15) is 9.18 Å². The van der Waals surface area contributed by atoms with Gasteiger partial charge in [0, 0.05) is 24.4 Å². The van der Waals surface area contributed by atoms with E-state index in [-0.39, 0.29) is 6.54 Å². The summed E-state index contributed by atoms with van der Waals surface area (Å²) in [6.07, 6.45) is 2.29. The maximum atomic E-state index is 13.7. The summed E-state index contributed by atoms with van der Waals surface area (Å²) in [5.41, 5.74) is 0.266. The molecule has 8 nitrogen and oxygen atoms in total. The van der Waals surface area contributed by atoms with E-state index in [0.717, 1.165) is 18.4 Å². The summed E-state index contributed by atoms with van der Waals surface area (Å²) in [5, 5.41) is 10.6. The smallest absolute Gasteiger partial charge is 0.256 e. The Balaban J connectivity index is 0.000000837. The second-order valence-corrected chi connectivity index (χ2v) is 8.29. The topological polar surface area (TPSA) is 94.0 Å². The fourth-order valence-corrected chi connectivity index (χ4v) is 2.83. The third-order valence-electron chi connectivity index (χ3n) is 4.00. The lowest BCUT2D eigenvalue weighted by atomic mass is 10.2. The molecule has 0 bridgehead atoms. The number of pyridine rings is 1. The van der Waals surface area contributed by atoms with Crippen LogP contribution in [0.3, 0.4) is 0 Å². The third kappa shape index (κ3) is 7.82. The number of carbonyl (C=O) groups excluding carboxylic acids is 1. The first-order valence-corrected chi connectivity index (χ1v) is 10.8. The van der Waals surface area contributed by atoms with Crippen molar-refractivity contribution in [2.24, 2.45) is 0 Å². The van der Waals surface area contributed by atoms with E-state index in [1.807, 2.05) is 16.3 Å². The van der Waals surface area contributed by atoms with Gasteiger partial charge in [-0.1, -0.05) is 27.8 Å². The molecule has 0 amide bonds. The van der Waals surface area contributed by atoms with Crippen LogP contribution in [-0.4, -0.2) is 45.2 Å². The van der Waals surface area contributed by atoms with Gasteiger partial charge in [0.25, 0.3) is 5.60 Å². The van der Waals surface area contributed by atoms with Gasteiger partial charge in [-0.2, -0.15) is 9.37 Å². The van der Waals surface area contributed by atoms with Gasteiger partial charge in [-0.15, -0.1) is 5.10 Å². The number of hydrogen-bond donors (Lipinski definition) is 2. The van der Waals surface area contributed by atoms with Gasteiger partial charge in [0.05, 0.1) is 6.54 Å². The normalized spacial score (nSPS) is 12.3. The number of aldehydes is 1. The maximum Gasteiger partial charge on any atom is 0.256 e. The number of alkyl halides is 1. The molecule has 0 saturated heterocycles. The molecule has 0 fully saturated rings. The number of aromatic nitrogens is 4. The summed E-state index contributed by atoms with van der Waals surface area (Å²) in [5.74, 6) is 1.21. The molecule has 1 aromatic carbocycles. The van der Waals surface area contributed by atoms with Crippen molar-refractivity contribution in [3.63, 3.8) is 0 Å². The lowest BCUT2D eigenvalue weighted by Crippen LogP contribution is -2.17. The first kappa shape index (κ1) is 25.6. The van der Waals surface area contributed by atoms with E-state index in [0.29, 0.717) is 33.9 Å². The Morgan fingerprint density at radius 2 is 2.06 bits per heavy atom. The van der Waals surface area contributed by atoms with Crippen molar-refractivity contribution in [1.29, 1.82) is 0 Å². The van der Waals surface area contributed by atoms with Crippen LogP contribution in [0.15, 0.2) is 36.5 Å². The molecule has 2 atom stereocenters. The number of nitrogens with one attached hydrogen (secondary N) is 2. The van der Waals surface area contributed by atoms with E-state index in [2.05, 4.69) is 32.6 Å². The zero-order valence-electron chi connectivity index (χ0n) is 18.4. The van der Waals surface area contributed by atoms with E-state index in [1.165, 1.54) is 11.6 Å². The Labute approximate surface area is 194 Å². The Hall–Kier alpha value is -2.61. The molecular weight excluding hydrogens is 454 g/mol. The van der Waals surface area contributed by atoms with Gasteiger partial charge < -0.3 is 20.2 Å². The molecule has 0 radical (unpaired) electrons. The van der Waals surface area contributed by atoms with Gasteiger partial charge in [-0.3, -0.25) is 0 Å². The van der Waals surface area contributed by atoms with Crippen LogP contribution in [0.4, 0.5) is 16.0 Å². The number of benzene rings is 1. The number of rotatable bonds is 8. The van der Waals surface area contributed by atoms with E-state index >= 15 is 0 Å². The zero-order valence-corrected chi connectivity index (χ0v) is 20.3. The zero-order chi connectivity index (χ0) is 23.7. The second-order valence-electron chi connectivity index (χ2n) is 6.88. The number of aryl methyl sites for hydroxylation is 1. The number of hydrogen-bond acceptors (Lipinski definition) is 7. The van der Waals surface area contributed by atoms with Crippen LogP contribution >= 0.6 is 20.8 Å². The molecule has 2 unspecified atom stereocenters. The van der Waals surface area contributed by atoms with Crippen molar-refractivity contribution in [3.8, 4) is 17.1 Å². The minimum absolute atomic E-state index is 0.0407. The fraction of sp³-hybridized carbons (Fsp3) is 0.333. The minimum atomic E-state index is -1.85. The van der Waals surface area contributed by atoms with Gasteiger partial charge in [-0.05, 0) is 56.4 Å². The highest BCUT2D eigenvalue weighted by Gasteiger charge is 2.19. The van der Waals surface area contributed by atoms with Crippen molar-refractivity contribution < 1.29 is 13.9 Å². The Morgan fingerprint density at radius 1 is 1.34 bits per heavy atom. The average molecular weight is 481 g/mol. The van der Waals surface area contributed by atoms with Crippen LogP contribution in [0.25, 0.3) is 11.4 Å². The molecule has 2 aromatic heterocycles. The van der Waals surface area contributed by atoms with Gasteiger partial charge in [0.2, 0.25) is 5.95 Å². The van der Waals surface area contributed by atoms with E-state index < -0.39 is 5.60 Å². The van der Waals surface area contributed by atoms with Crippen LogP contribution in [0, 0.1) is 6.92 Å². The lowest BCUT2D eigenvalue weighted by Gasteiger charge is -2.19. The molecule has 2 heterocycles. The number of ether oxygens (including phenoxy) is 1. The van der Waals surface area contributed by atoms with Crippen LogP contribution in [0.2, 0.25) is 5.15 Å². The highest BCUT2D eigenvalue weighted by molar-refractivity contribution is 7.18. The predicted octanol–water partition coefficient (Wildman–Crippen LogP) is 4.37. The van der Waals surface area contributed by atoms with Gasteiger partial charge in [0.1, 0.15) is 17.2 Å². The maximum absolute atomic E-state index is 13.7. The summed E-state index contributed by atoms with van der Waals surface area (Å²) in [6, 6.07) is 8.54. The fourth-order valence-electron chi connectivity index (χ4n) is 2.53. The molecule has 0 saturated carbocycles. The predicted molar refractivity (Wildman–Crippen MR) is 128 cm³/mol. The Morgan fingerprint density at radius 3 is 2.62 bits per heavy atom. The van der Waals surface area contributed by atoms with E-state index in [1.54, 1.807) is 43.5 Å². The van der Waals surface area contributed by atoms with Crippen molar-refractivity contribution >= 4 is 38.8 Å². The van der Waals surface area contributed by atoms with Crippen molar-refractivity contribution in [2.75, 3.05) is 18.9 Å². The number of nitrogens with zero attached hydrogens (tertiary/aromatic N) is 4. The molecular formula is C21H27ClFN6O2P. The molecule has 2 N–H and O–H groups in total. The quantitative estimate of drug-likeness (QED) is 0.281. The van der Waals surface area contributed by atoms with Crippen LogP contribution in [0.5, 0.6) is 5.75 Å². The van der Waals surface area contributed by atoms with E-state index in [4.69, 9.17) is 16.3 Å². The highest BCUT2D eigenvalue weighted by atomic mass is 35.5. The molecule has 0 aliphatic rings. The molecule has 0 aliphatic carbocycles. The minimum Gasteiger partial charge on any atom is -0.455 e. The standard InChI is InChI=1S/C18H18ClFN5O2P.C3H9N/c1-11-9-13(3-4-14(11)27-18(2,20)28)22-17-23-16(25(24-17)7-8-26)12-5-6-21-15(19)10-12;1-3-4-2/h3-6,8-10H,7,28H2,1-2H3,(H,22,24);4H,3H2,1-2H3. The average Bonchev–Trinajstić information content (AvgIpc) is 3.12. The summed E-state index contributed by atoms with van der Waals surface area (Å²) in [7, 11) is 3.92. The SMILES string of the molecule is CCNC.Cc1cc(Nc2nc(-c3ccnc(Cl)c3)n(CC=O)n2)ccc1OC(C)(F)P. The Bertz CT molecular complexity index is 1040. The van der Waals surface area contributed by atoms with Crippen molar-refractivity contribution in [3.05, 3.63) is 47.2 Å². The number of anilines is 2. The summed E-state index contributed by atoms with van der Waals surface area (Å²) in [4.78, 5) is 19.4. The number of carbonyl (C=O) groups is 1. The van der Waals surface area contributed by atoms with Crippen molar-refractivity contribution in [1.82, 2.24) is 25.1 Å². The highest BCUT2D eigenvalue weighted by Crippen LogP contribution is 2.30. The molecule has 3 rings (SSSR count). The van der Waals surface area contributed by atoms with Crippen LogP contribution in [0.1, 0.15) is 19.4 Å². The first-order chi connectivity index (χ1) is 15.2.